The third-order valence-corrected chi connectivity index (χ3v) is 8.95. The molecule has 7 heteroatoms. The largest absolute Gasteiger partial charge is 0.457 e. The van der Waals surface area contributed by atoms with Crippen molar-refractivity contribution in [1.82, 2.24) is 29.1 Å². The fraction of sp³-hybridized carbons (Fsp3) is 0.0976. The molecule has 48 heavy (non-hydrogen) atoms. The van der Waals surface area contributed by atoms with Gasteiger partial charge in [0.25, 0.3) is 0 Å². The molecule has 0 atom stereocenters. The molecular weight excluding hydrogens is 592 g/mol. The highest BCUT2D eigenvalue weighted by atomic mass is 16.5. The molecule has 0 aliphatic carbocycles. The lowest BCUT2D eigenvalue weighted by Crippen LogP contribution is -2.03. The van der Waals surface area contributed by atoms with E-state index in [4.69, 9.17) is 15.2 Å². The summed E-state index contributed by atoms with van der Waals surface area (Å²) in [7, 11) is 0. The van der Waals surface area contributed by atoms with Crippen molar-refractivity contribution in [2.45, 2.75) is 26.6 Å². The van der Waals surface area contributed by atoms with Crippen molar-refractivity contribution in [2.24, 2.45) is 0 Å². The van der Waals surface area contributed by atoms with Crippen LogP contribution in [0.15, 0.2) is 134 Å². The van der Waals surface area contributed by atoms with Crippen molar-refractivity contribution < 1.29 is 10.2 Å². The van der Waals surface area contributed by atoms with E-state index in [9.17, 15) is 0 Å². The number of para-hydroxylation sites is 3. The van der Waals surface area contributed by atoms with E-state index in [1.54, 1.807) is 37.1 Å². The van der Waals surface area contributed by atoms with Crippen LogP contribution >= 0.6 is 0 Å². The van der Waals surface area contributed by atoms with Gasteiger partial charge in [0.2, 0.25) is 0 Å². The van der Waals surface area contributed by atoms with E-state index in [0.29, 0.717) is 39.5 Å². The number of aromatic nitrogens is 6. The maximum Gasteiger partial charge on any atom is 0.139 e. The van der Waals surface area contributed by atoms with Crippen LogP contribution < -0.4 is 4.74 Å². The number of aryl methyl sites for hydroxylation is 2. The zero-order valence-electron chi connectivity index (χ0n) is 30.3. The molecule has 0 bridgehead atoms. The van der Waals surface area contributed by atoms with Crippen molar-refractivity contribution in [2.75, 3.05) is 0 Å². The van der Waals surface area contributed by atoms with Gasteiger partial charge >= 0.3 is 0 Å². The van der Waals surface area contributed by atoms with Gasteiger partial charge in [-0.05, 0) is 60.3 Å². The second-order valence-electron chi connectivity index (χ2n) is 11.6. The van der Waals surface area contributed by atoms with Crippen LogP contribution in [0.4, 0.5) is 0 Å². The Morgan fingerprint density at radius 3 is 2.06 bits per heavy atom. The lowest BCUT2D eigenvalue weighted by molar-refractivity contribution is 0.482. The van der Waals surface area contributed by atoms with E-state index in [-0.39, 0.29) is 0 Å². The van der Waals surface area contributed by atoms with E-state index in [1.807, 2.05) is 102 Å². The lowest BCUT2D eigenvalue weighted by atomic mass is 10.1. The third-order valence-electron chi connectivity index (χ3n) is 8.95. The van der Waals surface area contributed by atoms with Crippen LogP contribution in [0.2, 0.25) is 0 Å². The topological polar surface area (TPSA) is 62.7 Å². The van der Waals surface area contributed by atoms with Crippen molar-refractivity contribution >= 4 is 43.6 Å². The summed E-state index contributed by atoms with van der Waals surface area (Å²) >= 11 is 0. The predicted molar refractivity (Wildman–Crippen MR) is 193 cm³/mol. The van der Waals surface area contributed by atoms with Gasteiger partial charge in [-0.15, -0.1) is 5.10 Å². The first-order chi connectivity index (χ1) is 25.1. The summed E-state index contributed by atoms with van der Waals surface area (Å²) in [6, 6.07) is 37.1. The monoisotopic (exact) mass is 628 g/mol. The number of benzene rings is 5. The molecule has 9 rings (SSSR count). The van der Waals surface area contributed by atoms with Crippen molar-refractivity contribution in [3.63, 3.8) is 0 Å². The van der Waals surface area contributed by atoms with Gasteiger partial charge < -0.3 is 9.30 Å². The normalized spacial score (nSPS) is 13.5. The van der Waals surface area contributed by atoms with Crippen LogP contribution in [0, 0.1) is 0 Å². The van der Waals surface area contributed by atoms with Gasteiger partial charge in [-0.2, -0.15) is 0 Å². The molecule has 0 fully saturated rings. The summed E-state index contributed by atoms with van der Waals surface area (Å²) in [5, 5.41) is 11.8. The Labute approximate surface area is 282 Å². The molecule has 0 saturated carbocycles. The van der Waals surface area contributed by atoms with Crippen LogP contribution in [-0.4, -0.2) is 29.1 Å². The predicted octanol–water partition coefficient (Wildman–Crippen LogP) is 9.77. The molecule has 0 N–H and O–H groups in total. The molecule has 232 valence electrons. The van der Waals surface area contributed by atoms with Crippen LogP contribution in [0.25, 0.3) is 60.8 Å². The Kier molecular flexibility index (Phi) is 5.63. The molecule has 0 radical (unpaired) electrons. The van der Waals surface area contributed by atoms with E-state index in [1.165, 1.54) is 0 Å². The first-order valence-corrected chi connectivity index (χ1v) is 15.8. The summed E-state index contributed by atoms with van der Waals surface area (Å²) in [4.78, 5) is 4.89. The van der Waals surface area contributed by atoms with Crippen LogP contribution in [0.3, 0.4) is 0 Å². The van der Waals surface area contributed by atoms with Gasteiger partial charge in [-0.25, -0.2) is 9.67 Å². The molecule has 0 aliphatic heterocycles. The van der Waals surface area contributed by atoms with Gasteiger partial charge in [0.1, 0.15) is 17.3 Å². The standard InChI is InChI=1S/C41H32N6O/c1-3-27-10-7-15-35-36-16-8-11-28(4-2)41(36)46(40(27)35)30-20-21-42-39(25-30)47-37-17-6-5-14-33(37)34-19-18-32(26-38(34)47)48-31-13-9-12-29(24-31)45-23-22-43-44-45/h5-26H,3-4H2,1-2H3/i3D2,4D2. The average molecular weight is 629 g/mol. The van der Waals surface area contributed by atoms with Gasteiger partial charge in [0.05, 0.1) is 45.8 Å². The second-order valence-corrected chi connectivity index (χ2v) is 11.6. The number of nitrogens with zero attached hydrogens (tertiary/aromatic N) is 6. The van der Waals surface area contributed by atoms with E-state index < -0.39 is 12.7 Å². The second kappa shape index (κ2) is 11.2. The Morgan fingerprint density at radius 1 is 0.604 bits per heavy atom. The number of hydrogen-bond donors (Lipinski definition) is 0. The van der Waals surface area contributed by atoms with Crippen LogP contribution in [-0.2, 0) is 12.7 Å². The van der Waals surface area contributed by atoms with Gasteiger partial charge in [-0.1, -0.05) is 79.7 Å². The Bertz CT molecular complexity index is 2740. The molecule has 0 aliphatic rings. The fourth-order valence-electron chi connectivity index (χ4n) is 6.88. The summed E-state index contributed by atoms with van der Waals surface area (Å²) in [6.07, 6.45) is 1.84. The number of fused-ring (bicyclic) bond motifs is 6. The summed E-state index contributed by atoms with van der Waals surface area (Å²) in [5.74, 6) is 1.95. The van der Waals surface area contributed by atoms with E-state index in [2.05, 4.69) is 33.1 Å². The van der Waals surface area contributed by atoms with Gasteiger partial charge in [-0.3, -0.25) is 4.57 Å². The highest BCUT2D eigenvalue weighted by molar-refractivity contribution is 6.12. The minimum absolute atomic E-state index is 0.522. The third kappa shape index (κ3) is 4.39. The quantitative estimate of drug-likeness (QED) is 0.176. The molecular formula is C41H32N6O. The zero-order chi connectivity index (χ0) is 35.8. The molecule has 0 saturated heterocycles. The molecule has 0 spiro atoms. The number of pyridine rings is 1. The van der Waals surface area contributed by atoms with Crippen molar-refractivity contribution in [3.05, 3.63) is 145 Å². The van der Waals surface area contributed by atoms with Crippen LogP contribution in [0.1, 0.15) is 30.5 Å². The maximum atomic E-state index is 8.79. The molecule has 4 heterocycles. The van der Waals surface area contributed by atoms with Gasteiger partial charge in [0, 0.05) is 51.4 Å². The molecule has 0 unspecified atom stereocenters. The molecule has 0 amide bonds. The van der Waals surface area contributed by atoms with Crippen molar-refractivity contribution in [1.29, 1.82) is 0 Å². The highest BCUT2D eigenvalue weighted by Crippen LogP contribution is 2.38. The average Bonchev–Trinajstić information content (AvgIpc) is 3.86. The van der Waals surface area contributed by atoms with Gasteiger partial charge in [0.15, 0.2) is 0 Å². The SMILES string of the molecule is [2H]C([2H])(C)c1cccc2c3cccc(C([2H])([2H])C)c3n(-c3ccnc(-n4c5ccccc5c5ccc(Oc6cccc(-n7ccnn7)c6)cc54)c3)c12. The molecule has 5 aromatic carbocycles. The van der Waals surface area contributed by atoms with Crippen LogP contribution in [0.5, 0.6) is 11.5 Å². The van der Waals surface area contributed by atoms with Crippen molar-refractivity contribution in [3.8, 4) is 28.7 Å². The first kappa shape index (κ1) is 24.0. The molecule has 7 nitrogen and oxygen atoms in total. The summed E-state index contributed by atoms with van der Waals surface area (Å²) in [6.45, 7) is 3.12. The molecule has 4 aromatic heterocycles. The number of rotatable bonds is 7. The van der Waals surface area contributed by atoms with E-state index in [0.717, 1.165) is 44.0 Å². The number of ether oxygens (including phenoxy) is 1. The Morgan fingerprint density at radius 2 is 1.31 bits per heavy atom. The fourth-order valence-corrected chi connectivity index (χ4v) is 6.88. The number of hydrogen-bond acceptors (Lipinski definition) is 4. The summed E-state index contributed by atoms with van der Waals surface area (Å²) in [5.41, 5.74) is 5.87. The minimum Gasteiger partial charge on any atom is -0.457 e. The maximum absolute atomic E-state index is 8.79. The Balaban J connectivity index is 1.26. The van der Waals surface area contributed by atoms with E-state index >= 15 is 0 Å². The minimum atomic E-state index is -1.66. The highest BCUT2D eigenvalue weighted by Gasteiger charge is 2.19. The lowest BCUT2D eigenvalue weighted by Gasteiger charge is -2.15. The smallest absolute Gasteiger partial charge is 0.139 e. The molecule has 9 aromatic rings. The summed E-state index contributed by atoms with van der Waals surface area (Å²) < 4.78 is 47.4. The zero-order valence-corrected chi connectivity index (χ0v) is 26.3. The Hall–Kier alpha value is -6.21. The first-order valence-electron chi connectivity index (χ1n) is 17.8.